The summed E-state index contributed by atoms with van der Waals surface area (Å²) in [5, 5.41) is 20.2. The minimum absolute atomic E-state index is 0.000262. The van der Waals surface area contributed by atoms with Gasteiger partial charge in [-0.05, 0) is 12.0 Å². The summed E-state index contributed by atoms with van der Waals surface area (Å²) in [7, 11) is 1.48. The molecule has 1 aliphatic rings. The number of cyclic esters (lactones) is 1. The predicted octanol–water partition coefficient (Wildman–Crippen LogP) is 5.03. The highest BCUT2D eigenvalue weighted by molar-refractivity contribution is 6.33. The van der Waals surface area contributed by atoms with E-state index in [2.05, 4.69) is 0 Å². The Morgan fingerprint density at radius 1 is 1.10 bits per heavy atom. The Morgan fingerprint density at radius 3 is 2.55 bits per heavy atom. The second kappa shape index (κ2) is 10.2. The van der Waals surface area contributed by atoms with Crippen molar-refractivity contribution in [1.82, 2.24) is 0 Å². The molecule has 162 valence electrons. The topological polar surface area (TPSA) is 93.1 Å². The lowest BCUT2D eigenvalue weighted by molar-refractivity contribution is -0.114. The average molecular weight is 443 g/mol. The van der Waals surface area contributed by atoms with Crippen LogP contribution in [-0.4, -0.2) is 29.1 Å². The first-order valence-electron chi connectivity index (χ1n) is 9.82. The molecule has 1 heterocycles. The van der Waals surface area contributed by atoms with Crippen LogP contribution < -0.4 is 0 Å². The largest absolute Gasteiger partial charge is 0.507 e. The summed E-state index contributed by atoms with van der Waals surface area (Å²) in [4.78, 5) is 25.7. The molecule has 2 aromatic carbocycles. The van der Waals surface area contributed by atoms with Gasteiger partial charge < -0.3 is 19.7 Å². The van der Waals surface area contributed by atoms with Crippen molar-refractivity contribution in [2.24, 2.45) is 0 Å². The third kappa shape index (κ3) is 5.47. The van der Waals surface area contributed by atoms with E-state index in [1.54, 1.807) is 0 Å². The number of phenols is 2. The summed E-state index contributed by atoms with van der Waals surface area (Å²) in [5.41, 5.74) is 0.540. The van der Waals surface area contributed by atoms with E-state index in [0.717, 1.165) is 11.6 Å². The maximum atomic E-state index is 13.1. The quantitative estimate of drug-likeness (QED) is 0.500. The van der Waals surface area contributed by atoms with Crippen molar-refractivity contribution in [2.45, 2.75) is 31.8 Å². The third-order valence-corrected chi connectivity index (χ3v) is 5.38. The van der Waals surface area contributed by atoms with Gasteiger partial charge >= 0.3 is 5.97 Å². The smallest absolute Gasteiger partial charge is 0.342 e. The lowest BCUT2D eigenvalue weighted by Crippen LogP contribution is -2.15. The van der Waals surface area contributed by atoms with Gasteiger partial charge in [-0.25, -0.2) is 4.79 Å². The van der Waals surface area contributed by atoms with Crippen molar-refractivity contribution in [2.75, 3.05) is 7.11 Å². The van der Waals surface area contributed by atoms with Gasteiger partial charge in [0.25, 0.3) is 0 Å². The number of phenolic OH excluding ortho intramolecular Hbond substituents is 2. The number of fused-ring (bicyclic) bond motifs is 1. The molecule has 0 bridgehead atoms. The molecule has 0 aromatic heterocycles. The van der Waals surface area contributed by atoms with Crippen LogP contribution in [0.2, 0.25) is 5.02 Å². The molecule has 1 aliphatic heterocycles. The summed E-state index contributed by atoms with van der Waals surface area (Å²) >= 11 is 6.20. The molecule has 0 saturated carbocycles. The Labute approximate surface area is 185 Å². The number of hydrogen-bond acceptors (Lipinski definition) is 6. The SMILES string of the molecule is COC1=CC(=O)Cc2c(Cl)c(O)cc(O)c2C(=O)O[C@@H](c2ccccc2)CC=CCC1. The number of esters is 1. The maximum Gasteiger partial charge on any atom is 0.342 e. The predicted molar refractivity (Wildman–Crippen MR) is 116 cm³/mol. The van der Waals surface area contributed by atoms with Gasteiger partial charge in [-0.1, -0.05) is 54.1 Å². The summed E-state index contributed by atoms with van der Waals surface area (Å²) < 4.78 is 11.0. The first-order chi connectivity index (χ1) is 14.9. The average Bonchev–Trinajstić information content (AvgIpc) is 2.75. The monoisotopic (exact) mass is 442 g/mol. The van der Waals surface area contributed by atoms with Crippen molar-refractivity contribution in [3.05, 3.63) is 82.1 Å². The Hall–Kier alpha value is -3.25. The van der Waals surface area contributed by atoms with Crippen LogP contribution in [0.1, 0.15) is 46.9 Å². The number of aromatic hydroxyl groups is 2. The van der Waals surface area contributed by atoms with Crippen molar-refractivity contribution >= 4 is 23.4 Å². The van der Waals surface area contributed by atoms with Gasteiger partial charge in [0, 0.05) is 37.0 Å². The van der Waals surface area contributed by atoms with E-state index in [1.807, 2.05) is 42.5 Å². The van der Waals surface area contributed by atoms with E-state index in [1.165, 1.54) is 13.2 Å². The fraction of sp³-hybridized carbons (Fsp3) is 0.250. The second-order valence-electron chi connectivity index (χ2n) is 7.09. The van der Waals surface area contributed by atoms with E-state index >= 15 is 0 Å². The summed E-state index contributed by atoms with van der Waals surface area (Å²) in [5.74, 6) is -1.69. The Kier molecular flexibility index (Phi) is 7.36. The van der Waals surface area contributed by atoms with Crippen molar-refractivity contribution < 1.29 is 29.3 Å². The molecular weight excluding hydrogens is 420 g/mol. The lowest BCUT2D eigenvalue weighted by atomic mass is 9.99. The van der Waals surface area contributed by atoms with Gasteiger partial charge in [-0.2, -0.15) is 0 Å². The molecule has 31 heavy (non-hydrogen) atoms. The molecule has 2 N–H and O–H groups in total. The van der Waals surface area contributed by atoms with Gasteiger partial charge in [-0.15, -0.1) is 0 Å². The Bertz CT molecular complexity index is 1030. The van der Waals surface area contributed by atoms with Gasteiger partial charge in [0.15, 0.2) is 5.78 Å². The number of carbonyl (C=O) groups excluding carboxylic acids is 2. The molecule has 3 rings (SSSR count). The number of ether oxygens (including phenoxy) is 2. The van der Waals surface area contributed by atoms with Crippen molar-refractivity contribution in [3.8, 4) is 11.5 Å². The minimum atomic E-state index is -0.836. The van der Waals surface area contributed by atoms with Crippen LogP contribution in [0.4, 0.5) is 0 Å². The highest BCUT2D eigenvalue weighted by atomic mass is 35.5. The normalized spacial score (nSPS) is 17.9. The lowest BCUT2D eigenvalue weighted by Gasteiger charge is -2.20. The molecule has 0 saturated heterocycles. The van der Waals surface area contributed by atoms with E-state index in [4.69, 9.17) is 21.1 Å². The Morgan fingerprint density at radius 2 is 1.84 bits per heavy atom. The van der Waals surface area contributed by atoms with Crippen LogP contribution in [0, 0.1) is 0 Å². The first-order valence-corrected chi connectivity index (χ1v) is 10.2. The highest BCUT2D eigenvalue weighted by Crippen LogP contribution is 2.38. The van der Waals surface area contributed by atoms with E-state index in [-0.39, 0.29) is 22.6 Å². The number of allylic oxidation sites excluding steroid dienone is 3. The standard InChI is InChI=1S/C24H23ClO6/c1-30-17-10-6-3-7-11-21(15-8-4-2-5-9-15)31-24(29)22-18(13-16(26)12-17)23(25)20(28)14-19(22)27/h2-5,7-9,12,14,21,27-28H,6,10-11,13H2,1H3/t21-/m1/s1. The zero-order chi connectivity index (χ0) is 22.4. The van der Waals surface area contributed by atoms with Crippen LogP contribution in [-0.2, 0) is 20.7 Å². The van der Waals surface area contributed by atoms with Crippen LogP contribution >= 0.6 is 11.6 Å². The molecule has 1 atom stereocenters. The van der Waals surface area contributed by atoms with Gasteiger partial charge in [0.05, 0.1) is 17.9 Å². The number of hydrogen-bond donors (Lipinski definition) is 2. The number of carbonyl (C=O) groups is 2. The fourth-order valence-corrected chi connectivity index (χ4v) is 3.60. The molecule has 0 unspecified atom stereocenters. The van der Waals surface area contributed by atoms with Crippen LogP contribution in [0.5, 0.6) is 11.5 Å². The number of ketones is 1. The molecule has 0 amide bonds. The summed E-state index contributed by atoms with van der Waals surface area (Å²) in [6, 6.07) is 10.2. The molecule has 0 fully saturated rings. The molecule has 0 radical (unpaired) electrons. The fourth-order valence-electron chi connectivity index (χ4n) is 3.39. The third-order valence-electron chi connectivity index (χ3n) is 4.96. The second-order valence-corrected chi connectivity index (χ2v) is 7.47. The molecule has 0 aliphatic carbocycles. The molecule has 0 spiro atoms. The van der Waals surface area contributed by atoms with Gasteiger partial charge in [-0.3, -0.25) is 4.79 Å². The number of halogens is 1. The zero-order valence-corrected chi connectivity index (χ0v) is 17.8. The highest BCUT2D eigenvalue weighted by Gasteiger charge is 2.27. The number of benzene rings is 2. The molecular formula is C24H23ClO6. The van der Waals surface area contributed by atoms with E-state index < -0.39 is 29.4 Å². The molecule has 7 heteroatoms. The summed E-state index contributed by atoms with van der Waals surface area (Å²) in [6.45, 7) is 0. The van der Waals surface area contributed by atoms with Crippen LogP contribution in [0.25, 0.3) is 0 Å². The van der Waals surface area contributed by atoms with Crippen molar-refractivity contribution in [1.29, 1.82) is 0 Å². The summed E-state index contributed by atoms with van der Waals surface area (Å²) in [6.07, 6.45) is 5.82. The molecule has 6 nitrogen and oxygen atoms in total. The van der Waals surface area contributed by atoms with E-state index in [0.29, 0.717) is 25.0 Å². The Balaban J connectivity index is 2.09. The van der Waals surface area contributed by atoms with Gasteiger partial charge in [0.1, 0.15) is 23.2 Å². The van der Waals surface area contributed by atoms with E-state index in [9.17, 15) is 19.8 Å². The molecule has 2 aromatic rings. The minimum Gasteiger partial charge on any atom is -0.507 e. The van der Waals surface area contributed by atoms with Crippen LogP contribution in [0.15, 0.2) is 60.4 Å². The number of methoxy groups -OCH3 is 1. The first kappa shape index (κ1) is 22.4. The van der Waals surface area contributed by atoms with Gasteiger partial charge in [0.2, 0.25) is 0 Å². The number of rotatable bonds is 2. The van der Waals surface area contributed by atoms with Crippen LogP contribution in [0.3, 0.4) is 0 Å². The zero-order valence-electron chi connectivity index (χ0n) is 17.0. The van der Waals surface area contributed by atoms with Crippen molar-refractivity contribution in [3.63, 3.8) is 0 Å². The maximum absolute atomic E-state index is 13.1.